The van der Waals surface area contributed by atoms with Crippen LogP contribution in [0, 0.1) is 5.92 Å². The molecule has 2 amide bonds. The quantitative estimate of drug-likeness (QED) is 0.557. The number of carbonyl (C=O) groups excluding carboxylic acids is 2. The van der Waals surface area contributed by atoms with Crippen LogP contribution in [-0.2, 0) is 35.0 Å². The van der Waals surface area contributed by atoms with Crippen LogP contribution in [0.4, 0.5) is 26.3 Å². The van der Waals surface area contributed by atoms with Crippen molar-refractivity contribution < 1.29 is 35.9 Å². The molecule has 1 atom stereocenters. The first-order valence-corrected chi connectivity index (χ1v) is 11.5. The first-order chi connectivity index (χ1) is 16.9. The normalized spacial score (nSPS) is 19.7. The predicted molar refractivity (Wildman–Crippen MR) is 118 cm³/mol. The lowest BCUT2D eigenvalue weighted by atomic mass is 10.0. The van der Waals surface area contributed by atoms with Crippen molar-refractivity contribution in [3.63, 3.8) is 0 Å². The SMILES string of the molecule is O=C1C[C@@H](C(=O)N2CCN(Cc3ccccc3)CC2)CN1Cc1cc(C(F)(F)F)cc(C(F)(F)F)c1. The van der Waals surface area contributed by atoms with E-state index in [1.807, 2.05) is 30.3 Å². The minimum Gasteiger partial charge on any atom is -0.340 e. The number of carbonyl (C=O) groups is 2. The predicted octanol–water partition coefficient (Wildman–Crippen LogP) is 4.42. The van der Waals surface area contributed by atoms with Gasteiger partial charge >= 0.3 is 12.4 Å². The lowest BCUT2D eigenvalue weighted by molar-refractivity contribution is -0.143. The van der Waals surface area contributed by atoms with Gasteiger partial charge < -0.3 is 9.80 Å². The molecule has 0 aliphatic carbocycles. The molecule has 2 aromatic carbocycles. The van der Waals surface area contributed by atoms with Gasteiger partial charge in [0.2, 0.25) is 11.8 Å². The summed E-state index contributed by atoms with van der Waals surface area (Å²) in [6.07, 6.45) is -10.0. The highest BCUT2D eigenvalue weighted by Crippen LogP contribution is 2.37. The Morgan fingerprint density at radius 1 is 0.806 bits per heavy atom. The molecule has 36 heavy (non-hydrogen) atoms. The van der Waals surface area contributed by atoms with E-state index >= 15 is 0 Å². The van der Waals surface area contributed by atoms with Crippen molar-refractivity contribution in [3.8, 4) is 0 Å². The van der Waals surface area contributed by atoms with E-state index in [0.717, 1.165) is 17.0 Å². The summed E-state index contributed by atoms with van der Waals surface area (Å²) in [6.45, 7) is 2.58. The number of piperazine rings is 1. The van der Waals surface area contributed by atoms with Gasteiger partial charge in [-0.1, -0.05) is 30.3 Å². The van der Waals surface area contributed by atoms with Gasteiger partial charge in [-0.15, -0.1) is 0 Å². The highest BCUT2D eigenvalue weighted by atomic mass is 19.4. The van der Waals surface area contributed by atoms with Gasteiger partial charge in [0.15, 0.2) is 0 Å². The zero-order chi connectivity index (χ0) is 26.1. The molecule has 2 fully saturated rings. The Morgan fingerprint density at radius 2 is 1.39 bits per heavy atom. The van der Waals surface area contributed by atoms with Crippen LogP contribution in [-0.4, -0.2) is 59.2 Å². The molecule has 11 heteroatoms. The van der Waals surface area contributed by atoms with Crippen LogP contribution >= 0.6 is 0 Å². The van der Waals surface area contributed by atoms with Crippen LogP contribution in [0.1, 0.15) is 28.7 Å². The molecule has 5 nitrogen and oxygen atoms in total. The molecule has 2 aliphatic rings. The number of rotatable bonds is 5. The molecule has 2 saturated heterocycles. The Hall–Kier alpha value is -3.08. The standard InChI is InChI=1S/C25H25F6N3O2/c26-24(27,28)20-10-18(11-21(13-20)25(29,30)31)15-34-16-19(12-22(34)35)23(36)33-8-6-32(7-9-33)14-17-4-2-1-3-5-17/h1-5,10-11,13,19H,6-9,12,14-16H2/t19-/m1/s1. The second-order valence-electron chi connectivity index (χ2n) is 9.18. The Kier molecular flexibility index (Phi) is 7.31. The molecule has 2 aliphatic heterocycles. The molecule has 0 spiro atoms. The highest BCUT2D eigenvalue weighted by molar-refractivity contribution is 5.89. The first kappa shape index (κ1) is 26.0. The Balaban J connectivity index is 1.37. The number of benzene rings is 2. The topological polar surface area (TPSA) is 43.9 Å². The number of hydrogen-bond acceptors (Lipinski definition) is 3. The van der Waals surface area contributed by atoms with Crippen LogP contribution in [0.2, 0.25) is 0 Å². The average Bonchev–Trinajstić information content (AvgIpc) is 3.18. The molecular formula is C25H25F6N3O2. The molecule has 0 N–H and O–H groups in total. The van der Waals surface area contributed by atoms with Crippen molar-refractivity contribution >= 4 is 11.8 Å². The summed E-state index contributed by atoms with van der Waals surface area (Å²) in [4.78, 5) is 30.6. The van der Waals surface area contributed by atoms with Gasteiger partial charge in [0.1, 0.15) is 0 Å². The van der Waals surface area contributed by atoms with Gasteiger partial charge in [-0.25, -0.2) is 0 Å². The minimum atomic E-state index is -4.97. The zero-order valence-corrected chi connectivity index (χ0v) is 19.3. The fraction of sp³-hybridized carbons (Fsp3) is 0.440. The summed E-state index contributed by atoms with van der Waals surface area (Å²) in [5.41, 5.74) is -1.98. The third kappa shape index (κ3) is 6.18. The number of amides is 2. The molecule has 4 rings (SSSR count). The maximum absolute atomic E-state index is 13.1. The summed E-state index contributed by atoms with van der Waals surface area (Å²) in [7, 11) is 0. The third-order valence-corrected chi connectivity index (χ3v) is 6.52. The van der Waals surface area contributed by atoms with Gasteiger partial charge in [0, 0.05) is 52.2 Å². The van der Waals surface area contributed by atoms with Gasteiger partial charge in [-0.2, -0.15) is 26.3 Å². The van der Waals surface area contributed by atoms with Crippen molar-refractivity contribution in [2.75, 3.05) is 32.7 Å². The highest BCUT2D eigenvalue weighted by Gasteiger charge is 2.39. The van der Waals surface area contributed by atoms with Crippen LogP contribution in [0.3, 0.4) is 0 Å². The molecule has 0 unspecified atom stereocenters. The van der Waals surface area contributed by atoms with Crippen LogP contribution in [0.15, 0.2) is 48.5 Å². The van der Waals surface area contributed by atoms with E-state index in [1.165, 1.54) is 0 Å². The Labute approximate surface area is 204 Å². The Morgan fingerprint density at radius 3 is 1.94 bits per heavy atom. The van der Waals surface area contributed by atoms with Gasteiger partial charge in [0.25, 0.3) is 0 Å². The van der Waals surface area contributed by atoms with E-state index in [0.29, 0.717) is 38.3 Å². The van der Waals surface area contributed by atoms with Gasteiger partial charge in [-0.3, -0.25) is 14.5 Å². The van der Waals surface area contributed by atoms with Crippen LogP contribution in [0.5, 0.6) is 0 Å². The second-order valence-corrected chi connectivity index (χ2v) is 9.18. The number of nitrogens with zero attached hydrogens (tertiary/aromatic N) is 3. The van der Waals surface area contributed by atoms with Crippen LogP contribution < -0.4 is 0 Å². The molecule has 0 aromatic heterocycles. The lowest BCUT2D eigenvalue weighted by Gasteiger charge is -2.36. The van der Waals surface area contributed by atoms with E-state index in [-0.39, 0.29) is 30.5 Å². The molecule has 0 bridgehead atoms. The number of alkyl halides is 6. The molecule has 0 saturated carbocycles. The van der Waals surface area contributed by atoms with E-state index in [2.05, 4.69) is 4.90 Å². The van der Waals surface area contributed by atoms with E-state index < -0.39 is 41.8 Å². The average molecular weight is 513 g/mol. The summed E-state index contributed by atoms with van der Waals surface area (Å²) in [6, 6.07) is 11.2. The minimum absolute atomic E-state index is 0.0422. The summed E-state index contributed by atoms with van der Waals surface area (Å²) >= 11 is 0. The zero-order valence-electron chi connectivity index (χ0n) is 19.3. The summed E-state index contributed by atoms with van der Waals surface area (Å²) < 4.78 is 78.9. The van der Waals surface area contributed by atoms with Crippen molar-refractivity contribution in [1.29, 1.82) is 0 Å². The number of hydrogen-bond donors (Lipinski definition) is 0. The maximum Gasteiger partial charge on any atom is 0.416 e. The smallest absolute Gasteiger partial charge is 0.340 e. The molecule has 0 radical (unpaired) electrons. The summed E-state index contributed by atoms with van der Waals surface area (Å²) in [5.74, 6) is -1.36. The molecule has 2 aromatic rings. The lowest BCUT2D eigenvalue weighted by Crippen LogP contribution is -2.50. The van der Waals surface area contributed by atoms with Gasteiger partial charge in [0.05, 0.1) is 17.0 Å². The van der Waals surface area contributed by atoms with Crippen LogP contribution in [0.25, 0.3) is 0 Å². The van der Waals surface area contributed by atoms with E-state index in [4.69, 9.17) is 0 Å². The molecule has 194 valence electrons. The third-order valence-electron chi connectivity index (χ3n) is 6.52. The monoisotopic (exact) mass is 513 g/mol. The first-order valence-electron chi connectivity index (χ1n) is 11.5. The van der Waals surface area contributed by atoms with Gasteiger partial charge in [-0.05, 0) is 29.3 Å². The molecule has 2 heterocycles. The number of halogens is 6. The fourth-order valence-corrected chi connectivity index (χ4v) is 4.65. The Bertz CT molecular complexity index is 1060. The van der Waals surface area contributed by atoms with E-state index in [1.54, 1.807) is 4.90 Å². The number of likely N-dealkylation sites (tertiary alicyclic amines) is 1. The summed E-state index contributed by atoms with van der Waals surface area (Å²) in [5, 5.41) is 0. The largest absolute Gasteiger partial charge is 0.416 e. The second kappa shape index (κ2) is 10.1. The maximum atomic E-state index is 13.1. The van der Waals surface area contributed by atoms with Crippen molar-refractivity contribution in [2.45, 2.75) is 31.9 Å². The molecular weight excluding hydrogens is 488 g/mol. The van der Waals surface area contributed by atoms with E-state index in [9.17, 15) is 35.9 Å². The van der Waals surface area contributed by atoms with Crippen molar-refractivity contribution in [1.82, 2.24) is 14.7 Å². The fourth-order valence-electron chi connectivity index (χ4n) is 4.65. The van der Waals surface area contributed by atoms with Crippen molar-refractivity contribution in [2.24, 2.45) is 5.92 Å². The van der Waals surface area contributed by atoms with Crippen molar-refractivity contribution in [3.05, 3.63) is 70.8 Å².